The number of unbranched alkanes of at least 4 members (excludes halogenated alkanes) is 27. The fourth-order valence-corrected chi connectivity index (χ4v) is 57.9. The summed E-state index contributed by atoms with van der Waals surface area (Å²) < 4.78 is 8.46. The summed E-state index contributed by atoms with van der Waals surface area (Å²) in [5.74, 6) is 0. The fourth-order valence-electron chi connectivity index (χ4n) is 18.8. The molecule has 10 heteroatoms. The minimum absolute atomic E-state index is 0.702. The standard InChI is InChI=1S/C89H133S8Si.3C4H9.Sn/c1-15-23-31-39-47-67-55-56-90-82(67)75-57-68(48-40-32-24-16-2)83(91-75)76-58-69(49-41-33-25-17-3)84(92-76)77-59-70(50-42-34-26-18-4)85(93-77)78-60-71(51-43-35-27-19-5)86(94-78)79-61-72(52-44-36-28-20-6)87(95-79)80-62-73(53-45-37-29-21-7)88(96-80)81-63-74(54-46-38-30-22-8)89(97-81)98(64(9)10,65(11)12)66(13)14;3*1-3-4-2;/h55,57-66H,15-54H2,1-14H3;3*1,3-4H2,2H3;. The summed E-state index contributed by atoms with van der Waals surface area (Å²) >= 11 is 15.1. The minimum atomic E-state index is -2.71. The van der Waals surface area contributed by atoms with E-state index in [1.165, 1.54) is 295 Å². The molecule has 0 saturated carbocycles. The molecule has 0 spiro atoms. The van der Waals surface area contributed by atoms with Gasteiger partial charge < -0.3 is 0 Å². The van der Waals surface area contributed by atoms with Crippen LogP contribution in [0.5, 0.6) is 0 Å². The van der Waals surface area contributed by atoms with Gasteiger partial charge >= 0.3 is 317 Å². The smallest absolute Gasteiger partial charge is 0.144 e. The van der Waals surface area contributed by atoms with Crippen molar-refractivity contribution >= 4 is 125 Å². The van der Waals surface area contributed by atoms with Crippen molar-refractivity contribution in [2.45, 2.75) is 443 Å². The molecule has 0 nitrogen and oxygen atoms in total. The summed E-state index contributed by atoms with van der Waals surface area (Å²) in [5, 5.41) is 0. The van der Waals surface area contributed by atoms with Crippen molar-refractivity contribution in [2.24, 2.45) is 0 Å². The molecule has 0 atom stereocenters. The van der Waals surface area contributed by atoms with E-state index >= 15 is 0 Å². The Kier molecular flexibility index (Phi) is 43.9. The van der Waals surface area contributed by atoms with Crippen LogP contribution in [0.2, 0.25) is 29.9 Å². The molecule has 0 unspecified atom stereocenters. The Labute approximate surface area is 721 Å². The van der Waals surface area contributed by atoms with Gasteiger partial charge in [0, 0.05) is 34.1 Å². The van der Waals surface area contributed by atoms with Crippen LogP contribution in [0.4, 0.5) is 0 Å². The molecule has 0 aromatic carbocycles. The van der Waals surface area contributed by atoms with Gasteiger partial charge in [-0.05, 0) is 132 Å². The molecule has 0 N–H and O–H groups in total. The van der Waals surface area contributed by atoms with Gasteiger partial charge in [0.05, 0.1) is 0 Å². The number of thiophene rings is 8. The average molecular weight is 1780 g/mol. The Bertz CT molecular complexity index is 3800. The van der Waals surface area contributed by atoms with E-state index < -0.39 is 26.5 Å². The second-order valence-corrected chi connectivity index (χ2v) is 64.0. The van der Waals surface area contributed by atoms with E-state index in [0.717, 1.165) is 0 Å². The van der Waals surface area contributed by atoms with Crippen molar-refractivity contribution in [2.75, 3.05) is 0 Å². The molecule has 0 aliphatic heterocycles. The zero-order chi connectivity index (χ0) is 79.6. The van der Waals surface area contributed by atoms with E-state index in [4.69, 9.17) is 0 Å². The number of hydrogen-bond donors (Lipinski definition) is 0. The van der Waals surface area contributed by atoms with Crippen molar-refractivity contribution < 1.29 is 0 Å². The fraction of sp³-hybridized carbons (Fsp3) is 0.683. The summed E-state index contributed by atoms with van der Waals surface area (Å²) in [5.41, 5.74) is 15.3. The summed E-state index contributed by atoms with van der Waals surface area (Å²) in [6, 6.07) is 22.3. The second-order valence-electron chi connectivity index (χ2n) is 35.2. The first kappa shape index (κ1) is 95.1. The summed E-state index contributed by atoms with van der Waals surface area (Å²) in [6.07, 6.45) is 59.7. The van der Waals surface area contributed by atoms with Crippen molar-refractivity contribution in [1.82, 2.24) is 0 Å². The molecule has 8 rings (SSSR count). The molecule has 0 aliphatic carbocycles. The number of rotatable bonds is 61. The number of aryl methyl sites for hydroxylation is 8. The van der Waals surface area contributed by atoms with Gasteiger partial charge in [-0.3, -0.25) is 0 Å². The van der Waals surface area contributed by atoms with Gasteiger partial charge in [-0.1, -0.05) is 192 Å². The Hall–Kier alpha value is -1.38. The third-order valence-corrected chi connectivity index (χ3v) is 62.2. The quantitative estimate of drug-likeness (QED) is 0.0263. The third kappa shape index (κ3) is 26.6. The van der Waals surface area contributed by atoms with Gasteiger partial charge in [0.25, 0.3) is 0 Å². The van der Waals surface area contributed by atoms with Crippen LogP contribution in [0.3, 0.4) is 0 Å². The zero-order valence-corrected chi connectivity index (χ0v) is 84.7. The summed E-state index contributed by atoms with van der Waals surface area (Å²) in [7, 11) is -1.91. The van der Waals surface area contributed by atoms with Crippen LogP contribution in [0.1, 0.15) is 406 Å². The average Bonchev–Trinajstić information content (AvgIpc) is 1.64. The molecule has 620 valence electrons. The van der Waals surface area contributed by atoms with Gasteiger partial charge in [0.1, 0.15) is 8.07 Å². The maximum atomic E-state index is 2.90. The molecule has 8 heterocycles. The molecule has 0 amide bonds. The molecule has 0 aliphatic rings. The SMILES string of the molecule is CCCCCCc1cc(-c2sc(-c3sc(-c4s[c]([Sn]([CH2]CCC)([CH2]CCC)[CH2]CCC)cc4CCCCCC)cc3CCCCCC)cc2CCCCCC)sc1-c1cc(CCCCCC)c(-c2cc(CCCCCC)c(-c3cc(CCCCCC)c(-c4cc(CCCCCC)c([Si](C(C)C)(C(C)C)C(C)C)s4)s3)s2)s1. The molecule has 0 saturated heterocycles. The van der Waals surface area contributed by atoms with Gasteiger partial charge in [-0.2, -0.15) is 0 Å². The van der Waals surface area contributed by atoms with E-state index in [-0.39, 0.29) is 0 Å². The van der Waals surface area contributed by atoms with Gasteiger partial charge in [0.2, 0.25) is 0 Å². The van der Waals surface area contributed by atoms with E-state index in [1.54, 1.807) is 126 Å². The molecule has 111 heavy (non-hydrogen) atoms. The molecule has 0 bridgehead atoms. The first-order chi connectivity index (χ1) is 54.1. The van der Waals surface area contributed by atoms with Crippen LogP contribution in [0.25, 0.3) is 68.3 Å². The van der Waals surface area contributed by atoms with Crippen molar-refractivity contribution in [3.05, 3.63) is 93.0 Å². The summed E-state index contributed by atoms with van der Waals surface area (Å²) in [4.78, 5) is 22.2. The normalized spacial score (nSPS) is 12.4. The van der Waals surface area contributed by atoms with Crippen molar-refractivity contribution in [3.8, 4) is 68.3 Å². The van der Waals surface area contributed by atoms with Crippen LogP contribution in [-0.4, -0.2) is 26.5 Å². The van der Waals surface area contributed by atoms with E-state index in [9.17, 15) is 0 Å². The maximum absolute atomic E-state index is 2.90. The van der Waals surface area contributed by atoms with Gasteiger partial charge in [0.15, 0.2) is 0 Å². The zero-order valence-electron chi connectivity index (χ0n) is 74.3. The minimum Gasteiger partial charge on any atom is -0.144 e. The molecular weight excluding hydrogens is 1620 g/mol. The first-order valence-corrected chi connectivity index (χ1v) is 63.4. The van der Waals surface area contributed by atoms with E-state index in [0.29, 0.717) is 16.6 Å². The molecular formula is C101H160S8SiSn. The van der Waals surface area contributed by atoms with Gasteiger partial charge in [-0.15, -0.1) is 45.3 Å². The first-order valence-electron chi connectivity index (χ1n) is 47.1. The molecule has 0 radical (unpaired) electrons. The monoisotopic (exact) mass is 1780 g/mol. The Morgan fingerprint density at radius 2 is 0.405 bits per heavy atom. The Morgan fingerprint density at radius 1 is 0.216 bits per heavy atom. The molecule has 8 aromatic rings. The molecule has 8 aromatic heterocycles. The third-order valence-electron chi connectivity index (χ3n) is 25.2. The van der Waals surface area contributed by atoms with Crippen LogP contribution in [0, 0.1) is 0 Å². The predicted octanol–water partition coefficient (Wildman–Crippen LogP) is 37.8. The Morgan fingerprint density at radius 3 is 0.622 bits per heavy atom. The van der Waals surface area contributed by atoms with E-state index in [1.807, 2.05) is 7.39 Å². The van der Waals surface area contributed by atoms with Crippen LogP contribution < -0.4 is 7.39 Å². The molecule has 0 fully saturated rings. The van der Waals surface area contributed by atoms with Crippen molar-refractivity contribution in [1.29, 1.82) is 0 Å². The number of hydrogen-bond acceptors (Lipinski definition) is 8. The van der Waals surface area contributed by atoms with Gasteiger partial charge in [-0.25, -0.2) is 0 Å². The van der Waals surface area contributed by atoms with Crippen LogP contribution >= 0.6 is 90.7 Å². The van der Waals surface area contributed by atoms with Crippen LogP contribution in [-0.2, 0) is 51.4 Å². The van der Waals surface area contributed by atoms with E-state index in [2.05, 4.69) is 257 Å². The topological polar surface area (TPSA) is 0 Å². The second kappa shape index (κ2) is 51.3. The predicted molar refractivity (Wildman–Crippen MR) is 525 cm³/mol. The summed E-state index contributed by atoms with van der Waals surface area (Å²) in [6.45, 7) is 42.1. The Balaban J connectivity index is 1.30. The van der Waals surface area contributed by atoms with Crippen molar-refractivity contribution in [3.63, 3.8) is 0 Å². The van der Waals surface area contributed by atoms with Crippen LogP contribution in [0.15, 0.2) is 48.5 Å².